The van der Waals surface area contributed by atoms with Gasteiger partial charge in [-0.15, -0.1) is 0 Å². The predicted molar refractivity (Wildman–Crippen MR) is 126 cm³/mol. The first-order valence-corrected chi connectivity index (χ1v) is 11.7. The number of ketones is 2. The molecule has 2 unspecified atom stereocenters. The summed E-state index contributed by atoms with van der Waals surface area (Å²) in [5, 5.41) is 12.2. The van der Waals surface area contributed by atoms with Crippen LogP contribution >= 0.6 is 0 Å². The van der Waals surface area contributed by atoms with E-state index in [4.69, 9.17) is 4.74 Å². The van der Waals surface area contributed by atoms with Gasteiger partial charge in [-0.05, 0) is 54.9 Å². The van der Waals surface area contributed by atoms with E-state index in [-0.39, 0.29) is 29.1 Å². The van der Waals surface area contributed by atoms with Gasteiger partial charge in [0.2, 0.25) is 0 Å². The third kappa shape index (κ3) is 7.82. The molecular formula is C27H33NO5. The van der Waals surface area contributed by atoms with Gasteiger partial charge in [0.05, 0.1) is 6.04 Å². The minimum atomic E-state index is -0.803. The number of aromatic hydroxyl groups is 1. The van der Waals surface area contributed by atoms with E-state index in [0.717, 1.165) is 11.1 Å². The van der Waals surface area contributed by atoms with Crippen molar-refractivity contribution in [2.24, 2.45) is 5.92 Å². The van der Waals surface area contributed by atoms with Crippen LogP contribution in [0.5, 0.6) is 5.75 Å². The van der Waals surface area contributed by atoms with E-state index in [1.807, 2.05) is 56.3 Å². The number of carbonyl (C=O) groups is 3. The van der Waals surface area contributed by atoms with Gasteiger partial charge in [0.15, 0.2) is 23.8 Å². The van der Waals surface area contributed by atoms with Crippen molar-refractivity contribution < 1.29 is 24.2 Å². The molecule has 6 nitrogen and oxygen atoms in total. The third-order valence-corrected chi connectivity index (χ3v) is 5.81. The van der Waals surface area contributed by atoms with E-state index in [1.54, 1.807) is 12.1 Å². The fourth-order valence-electron chi connectivity index (χ4n) is 3.91. The Kier molecular flexibility index (Phi) is 8.78. The molecule has 1 aliphatic heterocycles. The third-order valence-electron chi connectivity index (χ3n) is 5.81. The summed E-state index contributed by atoms with van der Waals surface area (Å²) in [7, 11) is 0. The average Bonchev–Trinajstić information content (AvgIpc) is 3.60. The van der Waals surface area contributed by atoms with Gasteiger partial charge >= 0.3 is 0 Å². The highest BCUT2D eigenvalue weighted by Gasteiger charge is 2.50. The quantitative estimate of drug-likeness (QED) is 0.452. The van der Waals surface area contributed by atoms with Gasteiger partial charge in [0.25, 0.3) is 5.91 Å². The van der Waals surface area contributed by atoms with Crippen molar-refractivity contribution in [3.63, 3.8) is 0 Å². The highest BCUT2D eigenvalue weighted by atomic mass is 16.6. The molecule has 0 aliphatic carbocycles. The van der Waals surface area contributed by atoms with Crippen molar-refractivity contribution in [3.05, 3.63) is 65.7 Å². The number of ether oxygens (including phenoxy) is 1. The number of phenolic OH excluding ortho intramolecular Hbond substituents is 1. The van der Waals surface area contributed by atoms with Crippen molar-refractivity contribution in [3.8, 4) is 5.75 Å². The van der Waals surface area contributed by atoms with Gasteiger partial charge in [-0.1, -0.05) is 56.3 Å². The molecule has 3 rings (SSSR count). The maximum absolute atomic E-state index is 12.8. The zero-order valence-electron chi connectivity index (χ0n) is 19.3. The molecule has 2 aromatic carbocycles. The number of Topliss-reactive ketones (excluding diaryl/α,β-unsaturated/α-hetero) is 2. The zero-order chi connectivity index (χ0) is 23.8. The van der Waals surface area contributed by atoms with Crippen LogP contribution in [0, 0.1) is 5.92 Å². The molecule has 2 N–H and O–H groups in total. The first-order valence-electron chi connectivity index (χ1n) is 11.7. The van der Waals surface area contributed by atoms with Gasteiger partial charge in [-0.2, -0.15) is 0 Å². The van der Waals surface area contributed by atoms with E-state index in [2.05, 4.69) is 5.32 Å². The number of amides is 1. The number of carbonyl (C=O) groups excluding carboxylic acids is 3. The minimum absolute atomic E-state index is 0.00155. The Labute approximate surface area is 195 Å². The predicted octanol–water partition coefficient (Wildman–Crippen LogP) is 3.78. The SMILES string of the molecule is CC(C)C[C@H](NC(=O)C1OC1C(=O)CCCc1ccc(O)cc1)C(=O)CCc1ccccc1. The molecule has 1 aliphatic rings. The van der Waals surface area contributed by atoms with Gasteiger partial charge in [0.1, 0.15) is 5.75 Å². The summed E-state index contributed by atoms with van der Waals surface area (Å²) in [6.07, 6.45) is 1.69. The van der Waals surface area contributed by atoms with Crippen LogP contribution in [0.1, 0.15) is 50.7 Å². The standard InChI is InChI=1S/C27H33NO5/c1-18(2)17-22(23(30)16-13-19-7-4-3-5-8-19)28-27(32)26-25(33-26)24(31)10-6-9-20-11-14-21(29)15-12-20/h3-5,7-8,11-12,14-15,18,22,25-26,29H,6,9-10,13,16-17H2,1-2H3,(H,28,32)/t22-,25?,26?/m0/s1. The van der Waals surface area contributed by atoms with Crippen LogP contribution in [0.3, 0.4) is 0 Å². The summed E-state index contributed by atoms with van der Waals surface area (Å²) >= 11 is 0. The molecule has 1 heterocycles. The Bertz CT molecular complexity index is 939. The second kappa shape index (κ2) is 11.8. The Morgan fingerprint density at radius 3 is 2.24 bits per heavy atom. The van der Waals surface area contributed by atoms with E-state index < -0.39 is 18.2 Å². The van der Waals surface area contributed by atoms with Crippen molar-refractivity contribution in [2.75, 3.05) is 0 Å². The van der Waals surface area contributed by atoms with E-state index >= 15 is 0 Å². The van der Waals surface area contributed by atoms with Crippen molar-refractivity contribution >= 4 is 17.5 Å². The number of rotatable bonds is 13. The lowest BCUT2D eigenvalue weighted by atomic mass is 9.96. The Morgan fingerprint density at radius 1 is 0.909 bits per heavy atom. The molecule has 0 bridgehead atoms. The first kappa shape index (κ1) is 24.6. The van der Waals surface area contributed by atoms with Crippen LogP contribution in [-0.2, 0) is 32.0 Å². The van der Waals surface area contributed by atoms with Crippen LogP contribution in [0.4, 0.5) is 0 Å². The van der Waals surface area contributed by atoms with Crippen LogP contribution in [-0.4, -0.2) is 40.8 Å². The second-order valence-corrected chi connectivity index (χ2v) is 9.11. The largest absolute Gasteiger partial charge is 0.508 e. The number of nitrogens with one attached hydrogen (secondary N) is 1. The number of phenols is 1. The lowest BCUT2D eigenvalue weighted by Gasteiger charge is -2.19. The molecule has 176 valence electrons. The average molecular weight is 452 g/mol. The molecule has 0 spiro atoms. The molecule has 6 heteroatoms. The van der Waals surface area contributed by atoms with Crippen LogP contribution in [0.2, 0.25) is 0 Å². The van der Waals surface area contributed by atoms with Crippen LogP contribution in [0.15, 0.2) is 54.6 Å². The highest BCUT2D eigenvalue weighted by molar-refractivity contribution is 5.98. The van der Waals surface area contributed by atoms with Crippen LogP contribution < -0.4 is 5.32 Å². The van der Waals surface area contributed by atoms with Gasteiger partial charge in [-0.3, -0.25) is 14.4 Å². The monoisotopic (exact) mass is 451 g/mol. The fraction of sp³-hybridized carbons (Fsp3) is 0.444. The van der Waals surface area contributed by atoms with Crippen molar-refractivity contribution in [2.45, 2.75) is 70.6 Å². The summed E-state index contributed by atoms with van der Waals surface area (Å²) in [6, 6.07) is 16.1. The number of hydrogen-bond donors (Lipinski definition) is 2. The summed E-state index contributed by atoms with van der Waals surface area (Å²) in [6.45, 7) is 4.02. The second-order valence-electron chi connectivity index (χ2n) is 9.11. The Balaban J connectivity index is 1.44. The molecule has 3 atom stereocenters. The smallest absolute Gasteiger partial charge is 0.252 e. The molecule has 1 fully saturated rings. The summed E-state index contributed by atoms with van der Waals surface area (Å²) in [5.41, 5.74) is 2.13. The first-order chi connectivity index (χ1) is 15.8. The normalized spacial score (nSPS) is 18.0. The van der Waals surface area contributed by atoms with Gasteiger partial charge in [-0.25, -0.2) is 0 Å². The van der Waals surface area contributed by atoms with E-state index in [1.165, 1.54) is 0 Å². The molecule has 33 heavy (non-hydrogen) atoms. The molecule has 1 amide bonds. The fourth-order valence-corrected chi connectivity index (χ4v) is 3.91. The van der Waals surface area contributed by atoms with Crippen molar-refractivity contribution in [1.29, 1.82) is 0 Å². The molecule has 1 saturated heterocycles. The Morgan fingerprint density at radius 2 is 1.58 bits per heavy atom. The van der Waals surface area contributed by atoms with Crippen LogP contribution in [0.25, 0.3) is 0 Å². The topological polar surface area (TPSA) is 96.0 Å². The summed E-state index contributed by atoms with van der Waals surface area (Å²) < 4.78 is 5.37. The lowest BCUT2D eigenvalue weighted by molar-refractivity contribution is -0.129. The summed E-state index contributed by atoms with van der Waals surface area (Å²) in [4.78, 5) is 37.9. The number of benzene rings is 2. The van der Waals surface area contributed by atoms with Crippen molar-refractivity contribution in [1.82, 2.24) is 5.32 Å². The number of hydrogen-bond acceptors (Lipinski definition) is 5. The molecule has 0 radical (unpaired) electrons. The summed E-state index contributed by atoms with van der Waals surface area (Å²) in [5.74, 6) is -0.0218. The molecular weight excluding hydrogens is 418 g/mol. The van der Waals surface area contributed by atoms with Gasteiger partial charge in [0, 0.05) is 12.8 Å². The number of aryl methyl sites for hydroxylation is 2. The maximum atomic E-state index is 12.8. The lowest BCUT2D eigenvalue weighted by Crippen LogP contribution is -2.44. The number of epoxide rings is 1. The zero-order valence-corrected chi connectivity index (χ0v) is 19.3. The molecule has 0 aromatic heterocycles. The van der Waals surface area contributed by atoms with Gasteiger partial charge < -0.3 is 15.2 Å². The minimum Gasteiger partial charge on any atom is -0.508 e. The highest BCUT2D eigenvalue weighted by Crippen LogP contribution is 2.26. The van der Waals surface area contributed by atoms with E-state index in [0.29, 0.717) is 38.5 Å². The molecule has 2 aromatic rings. The Hall–Kier alpha value is -2.99. The van der Waals surface area contributed by atoms with E-state index in [9.17, 15) is 19.5 Å². The maximum Gasteiger partial charge on any atom is 0.252 e. The molecule has 0 saturated carbocycles.